The van der Waals surface area contributed by atoms with E-state index >= 15 is 0 Å². The fraction of sp³-hybridized carbons (Fsp3) is 0.333. The van der Waals surface area contributed by atoms with Gasteiger partial charge >= 0.3 is 0 Å². The van der Waals surface area contributed by atoms with E-state index in [9.17, 15) is 9.59 Å². The molecule has 10 nitrogen and oxygen atoms in total. The molecule has 0 fully saturated rings. The molecule has 0 saturated carbocycles. The van der Waals surface area contributed by atoms with E-state index in [-0.39, 0.29) is 0 Å². The Bertz CT molecular complexity index is 292. The van der Waals surface area contributed by atoms with Crippen molar-refractivity contribution in [2.24, 2.45) is 21.7 Å². The van der Waals surface area contributed by atoms with E-state index in [4.69, 9.17) is 11.1 Å². The molecular weight excluding hydrogens is 180 g/mol. The summed E-state index contributed by atoms with van der Waals surface area (Å²) in [5.41, 5.74) is 22.6. The standard InChI is InChI=1S/C3H4N8O2/c4-1(12)3(2(5)13,8-10-6)9-11-7/h(H2,4,12)(H2,5,13). The molecule has 0 aromatic heterocycles. The maximum Gasteiger partial charge on any atom is 0.281 e. The smallest absolute Gasteiger partial charge is 0.281 e. The minimum Gasteiger partial charge on any atom is -0.368 e. The predicted molar refractivity (Wildman–Crippen MR) is 39.4 cm³/mol. The zero-order valence-electron chi connectivity index (χ0n) is 6.15. The molecule has 0 atom stereocenters. The Labute approximate surface area is 70.7 Å². The van der Waals surface area contributed by atoms with Crippen molar-refractivity contribution in [3.8, 4) is 0 Å². The number of hydrogen-bond donors (Lipinski definition) is 2. The van der Waals surface area contributed by atoms with Crippen molar-refractivity contribution < 1.29 is 9.59 Å². The van der Waals surface area contributed by atoms with Crippen molar-refractivity contribution in [1.29, 1.82) is 0 Å². The third-order valence-electron chi connectivity index (χ3n) is 1.07. The van der Waals surface area contributed by atoms with Crippen molar-refractivity contribution in [3.05, 3.63) is 20.9 Å². The minimum atomic E-state index is -2.70. The molecule has 0 radical (unpaired) electrons. The van der Waals surface area contributed by atoms with Crippen LogP contribution in [0.5, 0.6) is 0 Å². The molecule has 0 aromatic carbocycles. The molecule has 4 N–H and O–H groups in total. The topological polar surface area (TPSA) is 184 Å². The Morgan fingerprint density at radius 3 is 1.54 bits per heavy atom. The van der Waals surface area contributed by atoms with Crippen molar-refractivity contribution in [2.45, 2.75) is 5.66 Å². The highest BCUT2D eigenvalue weighted by Crippen LogP contribution is 2.12. The monoisotopic (exact) mass is 184 g/mol. The number of amides is 2. The highest BCUT2D eigenvalue weighted by Gasteiger charge is 2.41. The first-order valence-corrected chi connectivity index (χ1v) is 2.73. The first-order valence-electron chi connectivity index (χ1n) is 2.73. The van der Waals surface area contributed by atoms with Crippen LogP contribution in [0.2, 0.25) is 0 Å². The molecule has 10 heteroatoms. The number of primary amides is 2. The first-order chi connectivity index (χ1) is 6.01. The van der Waals surface area contributed by atoms with E-state index < -0.39 is 17.5 Å². The number of nitrogens with two attached hydrogens (primary N) is 2. The van der Waals surface area contributed by atoms with Gasteiger partial charge in [-0.15, -0.1) is 0 Å². The van der Waals surface area contributed by atoms with Gasteiger partial charge in [-0.25, -0.2) is 0 Å². The SMILES string of the molecule is [N-]=[N+]=NC(N=[N+]=[N-])(C(N)=O)C(N)=O. The van der Waals surface area contributed by atoms with Gasteiger partial charge in [-0.05, 0) is 11.1 Å². The summed E-state index contributed by atoms with van der Waals surface area (Å²) in [5, 5.41) is 5.31. The summed E-state index contributed by atoms with van der Waals surface area (Å²) < 4.78 is 0. The molecule has 0 spiro atoms. The molecule has 0 rings (SSSR count). The molecule has 0 heterocycles. The van der Waals surface area contributed by atoms with Gasteiger partial charge in [-0.2, -0.15) is 0 Å². The summed E-state index contributed by atoms with van der Waals surface area (Å²) in [5.74, 6) is -2.87. The van der Waals surface area contributed by atoms with Crippen molar-refractivity contribution in [2.75, 3.05) is 0 Å². The van der Waals surface area contributed by atoms with Crippen LogP contribution in [0.25, 0.3) is 20.9 Å². The maximum atomic E-state index is 10.6. The second-order valence-electron chi connectivity index (χ2n) is 1.78. The third-order valence-corrected chi connectivity index (χ3v) is 1.07. The Hall–Kier alpha value is -2.44. The first kappa shape index (κ1) is 10.6. The molecule has 13 heavy (non-hydrogen) atoms. The number of rotatable bonds is 4. The van der Waals surface area contributed by atoms with Crippen LogP contribution < -0.4 is 11.5 Å². The van der Waals surface area contributed by atoms with Crippen LogP contribution in [0.15, 0.2) is 10.2 Å². The van der Waals surface area contributed by atoms with E-state index in [1.54, 1.807) is 0 Å². The molecule has 68 valence electrons. The second kappa shape index (κ2) is 3.81. The fourth-order valence-electron chi connectivity index (χ4n) is 0.468. The van der Waals surface area contributed by atoms with Crippen LogP contribution in [0, 0.1) is 0 Å². The van der Waals surface area contributed by atoms with Gasteiger partial charge in [0.1, 0.15) is 0 Å². The van der Waals surface area contributed by atoms with E-state index in [0.29, 0.717) is 0 Å². The molecular formula is C3H4N8O2. The van der Waals surface area contributed by atoms with Gasteiger partial charge in [0.05, 0.1) is 0 Å². The number of carbonyl (C=O) groups excluding carboxylic acids is 2. The molecule has 0 aromatic rings. The van der Waals surface area contributed by atoms with Gasteiger partial charge in [0, 0.05) is 9.82 Å². The van der Waals surface area contributed by atoms with Crippen molar-refractivity contribution >= 4 is 11.8 Å². The summed E-state index contributed by atoms with van der Waals surface area (Å²) >= 11 is 0. The van der Waals surface area contributed by atoms with Crippen molar-refractivity contribution in [3.63, 3.8) is 0 Å². The fourth-order valence-corrected chi connectivity index (χ4v) is 0.468. The summed E-state index contributed by atoms with van der Waals surface area (Å²) in [4.78, 5) is 25.5. The highest BCUT2D eigenvalue weighted by atomic mass is 16.2. The van der Waals surface area contributed by atoms with Crippen LogP contribution >= 0.6 is 0 Å². The van der Waals surface area contributed by atoms with Crippen LogP contribution in [-0.2, 0) is 9.59 Å². The van der Waals surface area contributed by atoms with Gasteiger partial charge in [-0.3, -0.25) is 9.59 Å². The molecule has 0 aliphatic rings. The second-order valence-corrected chi connectivity index (χ2v) is 1.78. The van der Waals surface area contributed by atoms with Crippen LogP contribution in [0.1, 0.15) is 0 Å². The Morgan fingerprint density at radius 2 is 1.38 bits per heavy atom. The van der Waals surface area contributed by atoms with Gasteiger partial charge in [0.25, 0.3) is 5.66 Å². The molecule has 2 amide bonds. The number of nitrogens with zero attached hydrogens (tertiary/aromatic N) is 6. The lowest BCUT2D eigenvalue weighted by Gasteiger charge is -2.13. The van der Waals surface area contributed by atoms with E-state index in [0.717, 1.165) is 0 Å². The Morgan fingerprint density at radius 1 is 1.08 bits per heavy atom. The lowest BCUT2D eigenvalue weighted by atomic mass is 10.2. The number of azide groups is 1. The van der Waals surface area contributed by atoms with Gasteiger partial charge in [0.2, 0.25) is 11.8 Å². The molecule has 0 bridgehead atoms. The molecule has 0 aliphatic heterocycles. The zero-order chi connectivity index (χ0) is 10.5. The largest absolute Gasteiger partial charge is 0.368 e. The zero-order valence-corrected chi connectivity index (χ0v) is 6.15. The molecule has 0 saturated heterocycles. The van der Waals surface area contributed by atoms with Crippen LogP contribution in [0.3, 0.4) is 0 Å². The van der Waals surface area contributed by atoms with Crippen molar-refractivity contribution in [1.82, 2.24) is 0 Å². The van der Waals surface area contributed by atoms with Crippen LogP contribution in [0.4, 0.5) is 0 Å². The van der Waals surface area contributed by atoms with Gasteiger partial charge in [0.15, 0.2) is 0 Å². The highest BCUT2D eigenvalue weighted by molar-refractivity contribution is 6.08. The van der Waals surface area contributed by atoms with E-state index in [1.807, 2.05) is 0 Å². The Balaban J connectivity index is 5.56. The lowest BCUT2D eigenvalue weighted by Crippen LogP contribution is -2.50. The van der Waals surface area contributed by atoms with Gasteiger partial charge < -0.3 is 11.5 Å². The Kier molecular flexibility index (Phi) is 3.09. The molecule has 0 unspecified atom stereocenters. The average Bonchev–Trinajstić information content (AvgIpc) is 2.03. The summed E-state index contributed by atoms with van der Waals surface area (Å²) in [6, 6.07) is 0. The van der Waals surface area contributed by atoms with Crippen LogP contribution in [-0.4, -0.2) is 17.5 Å². The number of carbonyl (C=O) groups is 2. The summed E-state index contributed by atoms with van der Waals surface area (Å²) in [6.45, 7) is 0. The molecule has 0 aliphatic carbocycles. The summed E-state index contributed by atoms with van der Waals surface area (Å²) in [7, 11) is 0. The third kappa shape index (κ3) is 1.77. The number of hydrogen-bond acceptors (Lipinski definition) is 4. The minimum absolute atomic E-state index is 1.43. The lowest BCUT2D eigenvalue weighted by molar-refractivity contribution is -0.133. The van der Waals surface area contributed by atoms with Gasteiger partial charge in [-0.1, -0.05) is 10.2 Å². The predicted octanol–water partition coefficient (Wildman–Crippen LogP) is -0.726. The average molecular weight is 184 g/mol. The normalized spacial score (nSPS) is 9.23. The van der Waals surface area contributed by atoms with E-state index in [2.05, 4.69) is 31.5 Å². The quantitative estimate of drug-likeness (QED) is 0.253. The van der Waals surface area contributed by atoms with E-state index in [1.165, 1.54) is 0 Å². The maximum absolute atomic E-state index is 10.6. The summed E-state index contributed by atoms with van der Waals surface area (Å²) in [6.07, 6.45) is 0.